The summed E-state index contributed by atoms with van der Waals surface area (Å²) in [7, 11) is 0. The lowest BCUT2D eigenvalue weighted by molar-refractivity contribution is -0.132. The molecule has 1 amide bonds. The summed E-state index contributed by atoms with van der Waals surface area (Å²) in [5, 5.41) is 4.60. The van der Waals surface area contributed by atoms with E-state index in [4.69, 9.17) is 0 Å². The molecular formula is C25H30FN5O. The standard InChI is InChI=1S/C25H30FN5O/c1-4-5-20-8-9-27-24(16-20)29-10-12-30(13-11-29)25(32)17-31-19(3)15-23(28-31)21-6-7-22(26)18(2)14-21/h6-9,14-16H,4-5,10-13,17H2,1-3H3. The number of amides is 1. The molecule has 3 aromatic rings. The number of carbonyl (C=O) groups excluding carboxylic acids is 1. The molecule has 0 saturated carbocycles. The molecule has 0 bridgehead atoms. The smallest absolute Gasteiger partial charge is 0.244 e. The van der Waals surface area contributed by atoms with Gasteiger partial charge in [-0.2, -0.15) is 5.10 Å². The zero-order chi connectivity index (χ0) is 22.7. The second kappa shape index (κ2) is 9.51. The molecule has 1 aliphatic rings. The van der Waals surface area contributed by atoms with Crippen LogP contribution in [0.4, 0.5) is 10.2 Å². The Morgan fingerprint density at radius 1 is 1.06 bits per heavy atom. The number of halogens is 1. The van der Waals surface area contributed by atoms with E-state index in [1.54, 1.807) is 23.7 Å². The van der Waals surface area contributed by atoms with Gasteiger partial charge in [0.2, 0.25) is 5.91 Å². The summed E-state index contributed by atoms with van der Waals surface area (Å²) >= 11 is 0. The van der Waals surface area contributed by atoms with Crippen molar-refractivity contribution in [2.24, 2.45) is 0 Å². The molecule has 1 aliphatic heterocycles. The largest absolute Gasteiger partial charge is 0.353 e. The van der Waals surface area contributed by atoms with Crippen LogP contribution in [0.2, 0.25) is 0 Å². The third-order valence-electron chi connectivity index (χ3n) is 6.02. The van der Waals surface area contributed by atoms with Gasteiger partial charge in [0.1, 0.15) is 18.2 Å². The van der Waals surface area contributed by atoms with Crippen molar-refractivity contribution in [2.45, 2.75) is 40.2 Å². The number of piperazine rings is 1. The zero-order valence-corrected chi connectivity index (χ0v) is 19.0. The Morgan fingerprint density at radius 3 is 2.56 bits per heavy atom. The molecule has 0 radical (unpaired) electrons. The van der Waals surface area contributed by atoms with E-state index in [1.807, 2.05) is 24.1 Å². The van der Waals surface area contributed by atoms with Crippen LogP contribution in [0.1, 0.15) is 30.2 Å². The van der Waals surface area contributed by atoms with Crippen molar-refractivity contribution < 1.29 is 9.18 Å². The van der Waals surface area contributed by atoms with Gasteiger partial charge in [0.25, 0.3) is 0 Å². The van der Waals surface area contributed by atoms with E-state index in [0.717, 1.165) is 48.7 Å². The van der Waals surface area contributed by atoms with Crippen LogP contribution in [0.15, 0.2) is 42.6 Å². The van der Waals surface area contributed by atoms with Crippen LogP contribution in [-0.2, 0) is 17.8 Å². The Balaban J connectivity index is 1.38. The summed E-state index contributed by atoms with van der Waals surface area (Å²) in [6.45, 7) is 8.94. The van der Waals surface area contributed by atoms with Gasteiger partial charge in [-0.1, -0.05) is 13.3 Å². The minimum atomic E-state index is -0.230. The van der Waals surface area contributed by atoms with Crippen LogP contribution in [0.3, 0.4) is 0 Å². The van der Waals surface area contributed by atoms with Gasteiger partial charge in [-0.25, -0.2) is 9.37 Å². The molecule has 7 heteroatoms. The Kier molecular flexibility index (Phi) is 6.53. The summed E-state index contributed by atoms with van der Waals surface area (Å²) in [6, 6.07) is 11.1. The first-order chi connectivity index (χ1) is 15.4. The average Bonchev–Trinajstić information content (AvgIpc) is 3.16. The third-order valence-corrected chi connectivity index (χ3v) is 6.02. The second-order valence-corrected chi connectivity index (χ2v) is 8.43. The van der Waals surface area contributed by atoms with E-state index in [1.165, 1.54) is 11.6 Å². The number of aryl methyl sites for hydroxylation is 3. The Labute approximate surface area is 188 Å². The van der Waals surface area contributed by atoms with Crippen LogP contribution >= 0.6 is 0 Å². The Hall–Kier alpha value is -3.22. The number of rotatable bonds is 6. The molecule has 0 unspecified atom stereocenters. The molecule has 1 aromatic carbocycles. The van der Waals surface area contributed by atoms with Crippen molar-refractivity contribution in [3.8, 4) is 11.3 Å². The molecule has 6 nitrogen and oxygen atoms in total. The van der Waals surface area contributed by atoms with E-state index >= 15 is 0 Å². The van der Waals surface area contributed by atoms with E-state index < -0.39 is 0 Å². The minimum absolute atomic E-state index is 0.0605. The van der Waals surface area contributed by atoms with Gasteiger partial charge < -0.3 is 9.80 Å². The van der Waals surface area contributed by atoms with Crippen LogP contribution in [0.5, 0.6) is 0 Å². The van der Waals surface area contributed by atoms with Gasteiger partial charge in [0.15, 0.2) is 0 Å². The van der Waals surface area contributed by atoms with E-state index in [9.17, 15) is 9.18 Å². The number of anilines is 1. The number of hydrogen-bond acceptors (Lipinski definition) is 4. The van der Waals surface area contributed by atoms with Gasteiger partial charge in [0.05, 0.1) is 5.69 Å². The maximum Gasteiger partial charge on any atom is 0.244 e. The maximum atomic E-state index is 13.6. The highest BCUT2D eigenvalue weighted by Gasteiger charge is 2.23. The third kappa shape index (κ3) is 4.82. The molecule has 4 rings (SSSR count). The van der Waals surface area contributed by atoms with Crippen LogP contribution < -0.4 is 4.90 Å². The molecule has 0 N–H and O–H groups in total. The highest BCUT2D eigenvalue weighted by atomic mass is 19.1. The highest BCUT2D eigenvalue weighted by molar-refractivity contribution is 5.76. The van der Waals surface area contributed by atoms with E-state index in [-0.39, 0.29) is 18.3 Å². The number of aromatic nitrogens is 3. The average molecular weight is 436 g/mol. The lowest BCUT2D eigenvalue weighted by Crippen LogP contribution is -2.50. The molecular weight excluding hydrogens is 405 g/mol. The van der Waals surface area contributed by atoms with Crippen molar-refractivity contribution in [3.63, 3.8) is 0 Å². The molecule has 3 heterocycles. The summed E-state index contributed by atoms with van der Waals surface area (Å²) < 4.78 is 15.3. The first-order valence-electron chi connectivity index (χ1n) is 11.2. The van der Waals surface area contributed by atoms with Crippen molar-refractivity contribution in [2.75, 3.05) is 31.1 Å². The monoisotopic (exact) mass is 435 g/mol. The number of benzene rings is 1. The van der Waals surface area contributed by atoms with Crippen LogP contribution in [0, 0.1) is 19.7 Å². The normalized spacial score (nSPS) is 14.1. The van der Waals surface area contributed by atoms with Gasteiger partial charge in [-0.05, 0) is 67.8 Å². The fourth-order valence-electron chi connectivity index (χ4n) is 4.11. The molecule has 0 atom stereocenters. The fourth-order valence-corrected chi connectivity index (χ4v) is 4.11. The first kappa shape index (κ1) is 22.0. The molecule has 0 spiro atoms. The second-order valence-electron chi connectivity index (χ2n) is 8.43. The quantitative estimate of drug-likeness (QED) is 0.587. The molecule has 32 heavy (non-hydrogen) atoms. The molecule has 168 valence electrons. The number of carbonyl (C=O) groups is 1. The van der Waals surface area contributed by atoms with Gasteiger partial charge in [0, 0.05) is 43.6 Å². The SMILES string of the molecule is CCCc1ccnc(N2CCN(C(=O)Cn3nc(-c4ccc(F)c(C)c4)cc3C)CC2)c1. The van der Waals surface area contributed by atoms with Gasteiger partial charge in [-0.3, -0.25) is 9.48 Å². The Morgan fingerprint density at radius 2 is 1.84 bits per heavy atom. The van der Waals surface area contributed by atoms with Crippen molar-refractivity contribution in [1.29, 1.82) is 0 Å². The minimum Gasteiger partial charge on any atom is -0.353 e. The number of hydrogen-bond donors (Lipinski definition) is 0. The molecule has 1 fully saturated rings. The number of nitrogens with zero attached hydrogens (tertiary/aromatic N) is 5. The van der Waals surface area contributed by atoms with Crippen molar-refractivity contribution in [3.05, 3.63) is 65.2 Å². The summed E-state index contributed by atoms with van der Waals surface area (Å²) in [6.07, 6.45) is 4.04. The number of pyridine rings is 1. The van der Waals surface area contributed by atoms with Crippen molar-refractivity contribution >= 4 is 11.7 Å². The predicted molar refractivity (Wildman–Crippen MR) is 124 cm³/mol. The first-order valence-corrected chi connectivity index (χ1v) is 11.2. The van der Waals surface area contributed by atoms with Crippen molar-refractivity contribution in [1.82, 2.24) is 19.7 Å². The van der Waals surface area contributed by atoms with Crippen LogP contribution in [0.25, 0.3) is 11.3 Å². The summed E-state index contributed by atoms with van der Waals surface area (Å²) in [5.41, 5.74) is 4.40. The maximum absolute atomic E-state index is 13.6. The van der Waals surface area contributed by atoms with Gasteiger partial charge in [-0.15, -0.1) is 0 Å². The topological polar surface area (TPSA) is 54.3 Å². The Bertz CT molecular complexity index is 1100. The lowest BCUT2D eigenvalue weighted by Gasteiger charge is -2.35. The summed E-state index contributed by atoms with van der Waals surface area (Å²) in [4.78, 5) is 21.6. The van der Waals surface area contributed by atoms with E-state index in [2.05, 4.69) is 34.0 Å². The molecule has 1 saturated heterocycles. The molecule has 2 aromatic heterocycles. The molecule has 0 aliphatic carbocycles. The highest BCUT2D eigenvalue weighted by Crippen LogP contribution is 2.22. The fraction of sp³-hybridized carbons (Fsp3) is 0.400. The van der Waals surface area contributed by atoms with Gasteiger partial charge >= 0.3 is 0 Å². The van der Waals surface area contributed by atoms with E-state index in [0.29, 0.717) is 18.7 Å². The zero-order valence-electron chi connectivity index (χ0n) is 19.0. The summed E-state index contributed by atoms with van der Waals surface area (Å²) in [5.74, 6) is 0.821. The lowest BCUT2D eigenvalue weighted by atomic mass is 10.1. The van der Waals surface area contributed by atoms with Crippen LogP contribution in [-0.4, -0.2) is 51.8 Å². The predicted octanol–water partition coefficient (Wildman–Crippen LogP) is 4.00.